The summed E-state index contributed by atoms with van der Waals surface area (Å²) in [5.74, 6) is 0.405. The molecule has 1 fully saturated rings. The first-order chi connectivity index (χ1) is 15.0. The van der Waals surface area contributed by atoms with E-state index in [4.69, 9.17) is 0 Å². The zero-order valence-corrected chi connectivity index (χ0v) is 18.3. The lowest BCUT2D eigenvalue weighted by atomic mass is 9.89. The molecule has 2 aliphatic heterocycles. The normalized spacial score (nSPS) is 18.2. The highest BCUT2D eigenvalue weighted by molar-refractivity contribution is 6.08. The Kier molecular flexibility index (Phi) is 6.66. The number of carbonyl (C=O) groups is 3. The molecule has 3 heterocycles. The number of hydrogen-bond acceptors (Lipinski definition) is 4. The molecule has 1 aromatic carbocycles. The minimum absolute atomic E-state index is 0.0550. The predicted octanol–water partition coefficient (Wildman–Crippen LogP) is 3.52. The lowest BCUT2D eigenvalue weighted by Gasteiger charge is -2.31. The van der Waals surface area contributed by atoms with E-state index in [0.717, 1.165) is 57.4 Å². The van der Waals surface area contributed by atoms with Crippen LogP contribution in [-0.2, 0) is 6.54 Å². The molecule has 2 aromatic rings. The van der Waals surface area contributed by atoms with Gasteiger partial charge in [-0.05, 0) is 51.4 Å². The van der Waals surface area contributed by atoms with Gasteiger partial charge in [0, 0.05) is 49.8 Å². The van der Waals surface area contributed by atoms with Crippen molar-refractivity contribution < 1.29 is 14.4 Å². The first kappa shape index (κ1) is 21.5. The minimum Gasteiger partial charge on any atom is -0.343 e. The molecule has 0 spiro atoms. The Morgan fingerprint density at radius 1 is 0.968 bits per heavy atom. The molecule has 0 saturated carbocycles. The number of likely N-dealkylation sites (tertiary alicyclic amines) is 1. The van der Waals surface area contributed by atoms with Crippen molar-refractivity contribution in [2.24, 2.45) is 5.92 Å². The van der Waals surface area contributed by atoms with Gasteiger partial charge in [-0.2, -0.15) is 0 Å². The topological polar surface area (TPSA) is 62.6 Å². The van der Waals surface area contributed by atoms with Crippen molar-refractivity contribution >= 4 is 17.5 Å². The van der Waals surface area contributed by atoms with Crippen molar-refractivity contribution in [2.45, 2.75) is 38.6 Å². The van der Waals surface area contributed by atoms with Gasteiger partial charge in [0.25, 0.3) is 5.91 Å². The summed E-state index contributed by atoms with van der Waals surface area (Å²) in [7, 11) is 1.76. The van der Waals surface area contributed by atoms with E-state index in [-0.39, 0.29) is 23.4 Å². The molecular weight excluding hydrogens is 390 g/mol. The zero-order chi connectivity index (χ0) is 21.8. The molecule has 0 unspecified atom stereocenters. The van der Waals surface area contributed by atoms with E-state index in [2.05, 4.69) is 4.90 Å². The van der Waals surface area contributed by atoms with Crippen LogP contribution < -0.4 is 0 Å². The van der Waals surface area contributed by atoms with Crippen LogP contribution in [0.15, 0.2) is 42.6 Å². The highest BCUT2D eigenvalue weighted by Gasteiger charge is 2.28. The number of aryl methyl sites for hydroxylation is 1. The van der Waals surface area contributed by atoms with Crippen molar-refractivity contribution in [3.05, 3.63) is 59.4 Å². The van der Waals surface area contributed by atoms with Gasteiger partial charge in [-0.1, -0.05) is 30.3 Å². The monoisotopic (exact) mass is 421 g/mol. The van der Waals surface area contributed by atoms with Gasteiger partial charge in [-0.15, -0.1) is 0 Å². The molecule has 0 aliphatic carbocycles. The minimum atomic E-state index is -0.0593. The summed E-state index contributed by atoms with van der Waals surface area (Å²) in [4.78, 5) is 41.7. The van der Waals surface area contributed by atoms with Gasteiger partial charge in [-0.3, -0.25) is 14.4 Å². The predicted molar refractivity (Wildman–Crippen MR) is 120 cm³/mol. The summed E-state index contributed by atoms with van der Waals surface area (Å²) < 4.78 is 1.95. The van der Waals surface area contributed by atoms with E-state index in [0.29, 0.717) is 24.2 Å². The number of aromatic nitrogens is 1. The second kappa shape index (κ2) is 9.60. The average Bonchev–Trinajstić information content (AvgIpc) is 3.19. The van der Waals surface area contributed by atoms with Gasteiger partial charge in [0.1, 0.15) is 5.69 Å². The maximum absolute atomic E-state index is 12.6. The molecule has 31 heavy (non-hydrogen) atoms. The Balaban J connectivity index is 1.23. The Hall–Kier alpha value is -2.73. The van der Waals surface area contributed by atoms with Gasteiger partial charge >= 0.3 is 0 Å². The number of piperidine rings is 1. The van der Waals surface area contributed by atoms with Crippen molar-refractivity contribution in [1.82, 2.24) is 14.4 Å². The number of ketones is 2. The average molecular weight is 422 g/mol. The van der Waals surface area contributed by atoms with Crippen LogP contribution in [0, 0.1) is 5.92 Å². The molecule has 1 aromatic heterocycles. The van der Waals surface area contributed by atoms with Gasteiger partial charge in [0.2, 0.25) is 0 Å². The third-order valence-corrected chi connectivity index (χ3v) is 6.63. The number of amides is 1. The zero-order valence-electron chi connectivity index (χ0n) is 18.3. The lowest BCUT2D eigenvalue weighted by molar-refractivity contribution is 0.0785. The summed E-state index contributed by atoms with van der Waals surface area (Å²) in [6.07, 6.45) is 6.09. The standard InChI is InChI=1S/C25H31N3O3/c1-26-15-12-22(29)21-11-18-28(23(21)25(26)31)14-6-5-13-27-16-9-20(10-17-27)24(30)19-7-3-2-4-8-19/h2-4,7-8,11,18,20H,5-6,9-10,12-17H2,1H3. The van der Waals surface area contributed by atoms with Crippen LogP contribution in [0.3, 0.4) is 0 Å². The van der Waals surface area contributed by atoms with Crippen LogP contribution in [0.25, 0.3) is 0 Å². The number of hydrogen-bond donors (Lipinski definition) is 0. The molecule has 0 bridgehead atoms. The fourth-order valence-electron chi connectivity index (χ4n) is 4.68. The fourth-order valence-corrected chi connectivity index (χ4v) is 4.68. The fraction of sp³-hybridized carbons (Fsp3) is 0.480. The van der Waals surface area contributed by atoms with Crippen molar-refractivity contribution in [3.63, 3.8) is 0 Å². The Bertz CT molecular complexity index is 942. The smallest absolute Gasteiger partial charge is 0.270 e. The first-order valence-electron chi connectivity index (χ1n) is 11.3. The van der Waals surface area contributed by atoms with Crippen LogP contribution >= 0.6 is 0 Å². The van der Waals surface area contributed by atoms with E-state index >= 15 is 0 Å². The molecule has 164 valence electrons. The van der Waals surface area contributed by atoms with Gasteiger partial charge < -0.3 is 14.4 Å². The summed E-state index contributed by atoms with van der Waals surface area (Å²) in [6, 6.07) is 11.4. The Morgan fingerprint density at radius 2 is 1.68 bits per heavy atom. The number of unbranched alkanes of at least 4 members (excludes halogenated alkanes) is 1. The molecule has 0 N–H and O–H groups in total. The number of Topliss-reactive ketones (excluding diaryl/α,β-unsaturated/α-hetero) is 2. The third kappa shape index (κ3) is 4.79. The summed E-state index contributed by atoms with van der Waals surface area (Å²) in [5.41, 5.74) is 1.94. The molecule has 6 nitrogen and oxygen atoms in total. The highest BCUT2D eigenvalue weighted by atomic mass is 16.2. The molecule has 1 saturated heterocycles. The number of benzene rings is 1. The van der Waals surface area contributed by atoms with Gasteiger partial charge in [0.15, 0.2) is 11.6 Å². The van der Waals surface area contributed by atoms with Crippen LogP contribution in [0.5, 0.6) is 0 Å². The van der Waals surface area contributed by atoms with E-state index in [1.807, 2.05) is 41.1 Å². The molecule has 2 aliphatic rings. The number of fused-ring (bicyclic) bond motifs is 1. The quantitative estimate of drug-likeness (QED) is 0.507. The summed E-state index contributed by atoms with van der Waals surface area (Å²) in [5, 5.41) is 0. The van der Waals surface area contributed by atoms with Crippen LogP contribution in [0.1, 0.15) is 63.3 Å². The van der Waals surface area contributed by atoms with Crippen molar-refractivity contribution in [1.29, 1.82) is 0 Å². The SMILES string of the molecule is CN1CCC(=O)c2ccn(CCCCN3CCC(C(=O)c4ccccc4)CC3)c2C1=O. The summed E-state index contributed by atoms with van der Waals surface area (Å²) >= 11 is 0. The van der Waals surface area contributed by atoms with E-state index < -0.39 is 0 Å². The highest BCUT2D eigenvalue weighted by Crippen LogP contribution is 2.23. The second-order valence-electron chi connectivity index (χ2n) is 8.72. The molecule has 0 radical (unpaired) electrons. The van der Waals surface area contributed by atoms with Crippen LogP contribution in [-0.4, -0.2) is 65.1 Å². The van der Waals surface area contributed by atoms with E-state index in [1.54, 1.807) is 18.0 Å². The van der Waals surface area contributed by atoms with Gasteiger partial charge in [-0.25, -0.2) is 0 Å². The Labute approximate surface area is 183 Å². The van der Waals surface area contributed by atoms with E-state index in [1.165, 1.54) is 0 Å². The van der Waals surface area contributed by atoms with Crippen molar-refractivity contribution in [3.8, 4) is 0 Å². The van der Waals surface area contributed by atoms with Crippen LogP contribution in [0.2, 0.25) is 0 Å². The van der Waals surface area contributed by atoms with E-state index in [9.17, 15) is 14.4 Å². The lowest BCUT2D eigenvalue weighted by Crippen LogP contribution is -2.37. The number of carbonyl (C=O) groups excluding carboxylic acids is 3. The van der Waals surface area contributed by atoms with Crippen molar-refractivity contribution in [2.75, 3.05) is 33.2 Å². The Morgan fingerprint density at radius 3 is 2.42 bits per heavy atom. The molecule has 6 heteroatoms. The van der Waals surface area contributed by atoms with Gasteiger partial charge in [0.05, 0.1) is 0 Å². The largest absolute Gasteiger partial charge is 0.343 e. The number of rotatable bonds is 7. The third-order valence-electron chi connectivity index (χ3n) is 6.63. The molecule has 4 rings (SSSR count). The van der Waals surface area contributed by atoms with Crippen LogP contribution in [0.4, 0.5) is 0 Å². The summed E-state index contributed by atoms with van der Waals surface area (Å²) in [6.45, 7) is 4.14. The first-order valence-corrected chi connectivity index (χ1v) is 11.3. The molecule has 1 amide bonds. The number of nitrogens with zero attached hydrogens (tertiary/aromatic N) is 3. The molecule has 0 atom stereocenters. The second-order valence-corrected chi connectivity index (χ2v) is 8.72. The maximum Gasteiger partial charge on any atom is 0.270 e. The molecular formula is C25H31N3O3. The maximum atomic E-state index is 12.6.